The number of fused-ring (bicyclic) bond motifs is 2. The Bertz CT molecular complexity index is 627. The Morgan fingerprint density at radius 1 is 1.12 bits per heavy atom. The van der Waals surface area contributed by atoms with Crippen molar-refractivity contribution < 1.29 is 19.1 Å². The maximum Gasteiger partial charge on any atom is 0.309 e. The molecule has 1 N–H and O–H groups in total. The average molecular weight is 350 g/mol. The molecular formula is C18H20ClNO4. The van der Waals surface area contributed by atoms with Gasteiger partial charge in [0.05, 0.1) is 5.92 Å². The largest absolute Gasteiger partial charge is 0.455 e. The third-order valence-electron chi connectivity index (χ3n) is 4.85. The van der Waals surface area contributed by atoms with Gasteiger partial charge in [0.25, 0.3) is 5.91 Å². The number of carbonyl (C=O) groups is 3. The topological polar surface area (TPSA) is 72.5 Å². The van der Waals surface area contributed by atoms with Crippen LogP contribution in [-0.4, -0.2) is 24.3 Å². The molecule has 2 saturated carbocycles. The summed E-state index contributed by atoms with van der Waals surface area (Å²) < 4.78 is 5.15. The number of amides is 1. The number of halogens is 1. The zero-order chi connectivity index (χ0) is 17.1. The summed E-state index contributed by atoms with van der Waals surface area (Å²) in [6.45, 7) is -0.318. The van der Waals surface area contributed by atoms with E-state index in [-0.39, 0.29) is 30.3 Å². The van der Waals surface area contributed by atoms with Crippen molar-refractivity contribution in [1.82, 2.24) is 0 Å². The zero-order valence-corrected chi connectivity index (χ0v) is 14.1. The second kappa shape index (κ2) is 7.34. The monoisotopic (exact) mass is 349 g/mol. The van der Waals surface area contributed by atoms with Crippen molar-refractivity contribution in [1.29, 1.82) is 0 Å². The van der Waals surface area contributed by atoms with Crippen molar-refractivity contribution in [3.63, 3.8) is 0 Å². The van der Waals surface area contributed by atoms with Crippen molar-refractivity contribution in [2.24, 2.45) is 17.8 Å². The lowest BCUT2D eigenvalue weighted by Crippen LogP contribution is -2.40. The number of ether oxygens (including phenoxy) is 1. The summed E-state index contributed by atoms with van der Waals surface area (Å²) in [6, 6.07) is 6.69. The number of Topliss-reactive ketones (excluding diaryl/α,β-unsaturated/α-hetero) is 1. The summed E-state index contributed by atoms with van der Waals surface area (Å²) in [7, 11) is 0. The molecule has 1 aromatic rings. The Balaban J connectivity index is 1.47. The summed E-state index contributed by atoms with van der Waals surface area (Å²) in [4.78, 5) is 36.1. The highest BCUT2D eigenvalue weighted by molar-refractivity contribution is 6.30. The lowest BCUT2D eigenvalue weighted by Gasteiger charge is -2.36. The number of carbonyl (C=O) groups excluding carboxylic acids is 3. The summed E-state index contributed by atoms with van der Waals surface area (Å²) in [6.07, 6.45) is 3.93. The summed E-state index contributed by atoms with van der Waals surface area (Å²) in [5.74, 6) is -0.716. The van der Waals surface area contributed by atoms with Gasteiger partial charge in [-0.1, -0.05) is 18.0 Å². The Morgan fingerprint density at radius 3 is 2.38 bits per heavy atom. The Morgan fingerprint density at radius 2 is 1.75 bits per heavy atom. The van der Waals surface area contributed by atoms with Crippen molar-refractivity contribution in [3.05, 3.63) is 29.3 Å². The predicted octanol–water partition coefficient (Wildman–Crippen LogP) is 3.22. The Kier molecular flexibility index (Phi) is 5.19. The molecule has 3 rings (SSSR count). The highest BCUT2D eigenvalue weighted by Gasteiger charge is 2.41. The molecule has 5 nitrogen and oxygen atoms in total. The lowest BCUT2D eigenvalue weighted by molar-refractivity contribution is -0.155. The van der Waals surface area contributed by atoms with Crippen molar-refractivity contribution >= 4 is 34.9 Å². The number of ketones is 1. The molecule has 2 fully saturated rings. The molecule has 1 amide bonds. The standard InChI is InChI=1S/C18H20ClNO4/c19-14-4-6-15(7-5-14)20-16(21)10-24-18(23)13-8-11-2-1-3-12(9-13)17(11)22/h4-7,11-13H,1-3,8-10H2,(H,20,21)/t11-,12-/m1/s1. The molecule has 0 saturated heterocycles. The number of benzene rings is 1. The smallest absolute Gasteiger partial charge is 0.309 e. The predicted molar refractivity (Wildman–Crippen MR) is 89.6 cm³/mol. The van der Waals surface area contributed by atoms with E-state index in [4.69, 9.17) is 16.3 Å². The molecule has 2 aliphatic carbocycles. The fourth-order valence-corrected chi connectivity index (χ4v) is 3.78. The Hall–Kier alpha value is -1.88. The van der Waals surface area contributed by atoms with E-state index in [0.29, 0.717) is 29.3 Å². The maximum atomic E-state index is 12.2. The van der Waals surface area contributed by atoms with Crippen molar-refractivity contribution in [3.8, 4) is 0 Å². The molecule has 128 valence electrons. The Labute approximate surface area is 145 Å². The zero-order valence-electron chi connectivity index (χ0n) is 13.3. The molecule has 0 unspecified atom stereocenters. The highest BCUT2D eigenvalue weighted by atomic mass is 35.5. The molecule has 2 atom stereocenters. The van der Waals surface area contributed by atoms with Crippen LogP contribution in [0.1, 0.15) is 32.1 Å². The van der Waals surface area contributed by atoms with Crippen LogP contribution >= 0.6 is 11.6 Å². The fourth-order valence-electron chi connectivity index (χ4n) is 3.66. The molecule has 0 aromatic heterocycles. The van der Waals surface area contributed by atoms with Gasteiger partial charge in [-0.2, -0.15) is 0 Å². The number of anilines is 1. The van der Waals surface area contributed by atoms with Gasteiger partial charge in [-0.05, 0) is 49.9 Å². The van der Waals surface area contributed by atoms with Gasteiger partial charge in [0.15, 0.2) is 6.61 Å². The molecule has 0 radical (unpaired) electrons. The molecule has 2 aliphatic rings. The SMILES string of the molecule is O=C(COC(=O)C1C[C@H]2CCC[C@H](C1)C2=O)Nc1ccc(Cl)cc1. The highest BCUT2D eigenvalue weighted by Crippen LogP contribution is 2.40. The number of rotatable bonds is 4. The van der Waals surface area contributed by atoms with E-state index in [0.717, 1.165) is 19.3 Å². The lowest BCUT2D eigenvalue weighted by atomic mass is 9.67. The minimum absolute atomic E-state index is 0.00190. The van der Waals surface area contributed by atoms with Crippen LogP contribution in [0.3, 0.4) is 0 Å². The van der Waals surface area contributed by atoms with Gasteiger partial charge < -0.3 is 10.1 Å². The third kappa shape index (κ3) is 3.96. The molecule has 0 aliphatic heterocycles. The summed E-state index contributed by atoms with van der Waals surface area (Å²) >= 11 is 5.78. The summed E-state index contributed by atoms with van der Waals surface area (Å²) in [5, 5.41) is 3.23. The molecule has 24 heavy (non-hydrogen) atoms. The van der Waals surface area contributed by atoms with Gasteiger partial charge in [-0.25, -0.2) is 0 Å². The van der Waals surface area contributed by atoms with Crippen LogP contribution in [-0.2, 0) is 19.1 Å². The fraction of sp³-hybridized carbons (Fsp3) is 0.500. The maximum absolute atomic E-state index is 12.2. The van der Waals surface area contributed by atoms with E-state index in [1.54, 1.807) is 24.3 Å². The van der Waals surface area contributed by atoms with Crippen LogP contribution < -0.4 is 5.32 Å². The first-order chi connectivity index (χ1) is 11.5. The van der Waals surface area contributed by atoms with Gasteiger partial charge in [0, 0.05) is 22.5 Å². The number of esters is 1. The molecular weight excluding hydrogens is 330 g/mol. The molecule has 2 bridgehead atoms. The normalized spacial score (nSPS) is 25.9. The van der Waals surface area contributed by atoms with E-state index in [9.17, 15) is 14.4 Å². The van der Waals surface area contributed by atoms with E-state index in [1.165, 1.54) is 0 Å². The van der Waals surface area contributed by atoms with Gasteiger partial charge >= 0.3 is 5.97 Å². The van der Waals surface area contributed by atoms with E-state index >= 15 is 0 Å². The van der Waals surface area contributed by atoms with Crippen LogP contribution in [0.25, 0.3) is 0 Å². The second-order valence-electron chi connectivity index (χ2n) is 6.56. The quantitative estimate of drug-likeness (QED) is 0.847. The number of nitrogens with one attached hydrogen (secondary N) is 1. The van der Waals surface area contributed by atoms with Crippen molar-refractivity contribution in [2.45, 2.75) is 32.1 Å². The van der Waals surface area contributed by atoms with E-state index in [1.807, 2.05) is 0 Å². The van der Waals surface area contributed by atoms with Crippen LogP contribution in [0.5, 0.6) is 0 Å². The van der Waals surface area contributed by atoms with Gasteiger partial charge in [0.1, 0.15) is 5.78 Å². The van der Waals surface area contributed by atoms with Gasteiger partial charge in [-0.3, -0.25) is 14.4 Å². The van der Waals surface area contributed by atoms with Gasteiger partial charge in [0.2, 0.25) is 0 Å². The molecule has 6 heteroatoms. The van der Waals surface area contributed by atoms with Gasteiger partial charge in [-0.15, -0.1) is 0 Å². The third-order valence-corrected chi connectivity index (χ3v) is 5.11. The minimum Gasteiger partial charge on any atom is -0.455 e. The minimum atomic E-state index is -0.391. The second-order valence-corrected chi connectivity index (χ2v) is 6.99. The molecule has 0 spiro atoms. The first kappa shape index (κ1) is 17.0. The number of hydrogen-bond acceptors (Lipinski definition) is 4. The van der Waals surface area contributed by atoms with Crippen LogP contribution in [0, 0.1) is 17.8 Å². The van der Waals surface area contributed by atoms with Crippen LogP contribution in [0.4, 0.5) is 5.69 Å². The molecule has 1 aromatic carbocycles. The van der Waals surface area contributed by atoms with Crippen LogP contribution in [0.2, 0.25) is 5.02 Å². The number of hydrogen-bond donors (Lipinski definition) is 1. The average Bonchev–Trinajstić information content (AvgIpc) is 2.54. The van der Waals surface area contributed by atoms with E-state index in [2.05, 4.69) is 5.32 Å². The first-order valence-electron chi connectivity index (χ1n) is 8.28. The first-order valence-corrected chi connectivity index (χ1v) is 8.66. The molecule has 0 heterocycles. The van der Waals surface area contributed by atoms with E-state index < -0.39 is 5.91 Å². The van der Waals surface area contributed by atoms with Crippen molar-refractivity contribution in [2.75, 3.05) is 11.9 Å². The van der Waals surface area contributed by atoms with Crippen LogP contribution in [0.15, 0.2) is 24.3 Å². The summed E-state index contributed by atoms with van der Waals surface area (Å²) in [5.41, 5.74) is 0.596.